The number of hydrogen-bond donors (Lipinski definition) is 2. The quantitative estimate of drug-likeness (QED) is 0.469. The number of nitrogens with one attached hydrogen (secondary N) is 2. The van der Waals surface area contributed by atoms with Gasteiger partial charge in [-0.15, -0.1) is 0 Å². The van der Waals surface area contributed by atoms with Crippen LogP contribution in [-0.2, 0) is 4.74 Å². The van der Waals surface area contributed by atoms with Crippen molar-refractivity contribution >= 4 is 12.2 Å². The Morgan fingerprint density at radius 3 is 2.71 bits per heavy atom. The van der Waals surface area contributed by atoms with Gasteiger partial charge in [0, 0.05) is 12.0 Å². The number of nitrogens with zero attached hydrogens (tertiary/aromatic N) is 3. The van der Waals surface area contributed by atoms with Crippen LogP contribution in [0.25, 0.3) is 11.3 Å². The van der Waals surface area contributed by atoms with Crippen molar-refractivity contribution in [3.05, 3.63) is 76.1 Å². The summed E-state index contributed by atoms with van der Waals surface area (Å²) in [5.74, 6) is 0.885. The van der Waals surface area contributed by atoms with Gasteiger partial charge in [0.05, 0.1) is 18.5 Å². The topological polar surface area (TPSA) is 112 Å². The Hall–Kier alpha value is -3.96. The standard InChI is InChI=1S/C23H21N5O3/c24-14-19-21(17-6-2-1-3-7-17)26-23(27-22(19)29)28-25-15-16-9-11-18(12-10-16)31-20-8-4-5-13-30-20/h1-3,6-7,9-12,15,20H,4-5,8,13H2,(H2,26,27,28,29). The molecule has 2 N–H and O–H groups in total. The molecule has 1 saturated heterocycles. The van der Waals surface area contributed by atoms with E-state index in [1.165, 1.54) is 0 Å². The van der Waals surface area contributed by atoms with Crippen LogP contribution in [0, 0.1) is 11.3 Å². The van der Waals surface area contributed by atoms with Gasteiger partial charge in [0.25, 0.3) is 5.56 Å². The van der Waals surface area contributed by atoms with Gasteiger partial charge in [-0.05, 0) is 42.7 Å². The number of rotatable bonds is 6. The van der Waals surface area contributed by atoms with Crippen molar-refractivity contribution in [2.24, 2.45) is 5.10 Å². The van der Waals surface area contributed by atoms with Crippen molar-refractivity contribution in [2.75, 3.05) is 12.0 Å². The lowest BCUT2D eigenvalue weighted by molar-refractivity contribution is -0.105. The third-order valence-electron chi connectivity index (χ3n) is 4.75. The molecule has 1 fully saturated rings. The molecule has 4 rings (SSSR count). The lowest BCUT2D eigenvalue weighted by atomic mass is 10.1. The molecule has 1 atom stereocenters. The molecule has 156 valence electrons. The molecule has 1 aromatic heterocycles. The van der Waals surface area contributed by atoms with E-state index < -0.39 is 5.56 Å². The number of benzene rings is 2. The van der Waals surface area contributed by atoms with Gasteiger partial charge in [0.15, 0.2) is 6.29 Å². The Morgan fingerprint density at radius 1 is 1.19 bits per heavy atom. The second kappa shape index (κ2) is 9.69. The van der Waals surface area contributed by atoms with Gasteiger partial charge in [-0.1, -0.05) is 30.3 Å². The molecule has 8 nitrogen and oxygen atoms in total. The van der Waals surface area contributed by atoms with Crippen LogP contribution in [0.1, 0.15) is 30.4 Å². The summed E-state index contributed by atoms with van der Waals surface area (Å²) in [5.41, 5.74) is 3.96. The minimum absolute atomic E-state index is 0.0433. The number of aromatic nitrogens is 2. The molecule has 0 saturated carbocycles. The SMILES string of the molecule is N#Cc1c(-c2ccccc2)nc(NN=Cc2ccc(OC3CCCCO3)cc2)[nH]c1=O. The van der Waals surface area contributed by atoms with E-state index in [4.69, 9.17) is 9.47 Å². The fourth-order valence-electron chi connectivity index (χ4n) is 3.19. The maximum atomic E-state index is 12.3. The largest absolute Gasteiger partial charge is 0.465 e. The molecule has 2 aromatic carbocycles. The van der Waals surface area contributed by atoms with E-state index in [2.05, 4.69) is 20.5 Å². The molecular weight excluding hydrogens is 394 g/mol. The lowest BCUT2D eigenvalue weighted by Gasteiger charge is -2.23. The smallest absolute Gasteiger partial charge is 0.270 e. The minimum Gasteiger partial charge on any atom is -0.465 e. The average Bonchev–Trinajstić information content (AvgIpc) is 2.81. The van der Waals surface area contributed by atoms with Gasteiger partial charge < -0.3 is 9.47 Å². The van der Waals surface area contributed by atoms with Crippen molar-refractivity contribution < 1.29 is 9.47 Å². The van der Waals surface area contributed by atoms with E-state index in [0.717, 1.165) is 37.2 Å². The maximum Gasteiger partial charge on any atom is 0.270 e. The Morgan fingerprint density at radius 2 is 2.00 bits per heavy atom. The lowest BCUT2D eigenvalue weighted by Crippen LogP contribution is -2.24. The molecule has 1 aliphatic rings. The third kappa shape index (κ3) is 5.15. The van der Waals surface area contributed by atoms with Crippen molar-refractivity contribution in [3.63, 3.8) is 0 Å². The Kier molecular flexibility index (Phi) is 6.35. The summed E-state index contributed by atoms with van der Waals surface area (Å²) in [6.45, 7) is 0.735. The normalized spacial score (nSPS) is 16.0. The molecule has 2 heterocycles. The van der Waals surface area contributed by atoms with Gasteiger partial charge in [0.2, 0.25) is 5.95 Å². The summed E-state index contributed by atoms with van der Waals surface area (Å²) in [7, 11) is 0. The molecule has 8 heteroatoms. The van der Waals surface area contributed by atoms with Crippen LogP contribution < -0.4 is 15.7 Å². The number of hydrazone groups is 1. The van der Waals surface area contributed by atoms with E-state index in [-0.39, 0.29) is 17.8 Å². The van der Waals surface area contributed by atoms with Crippen LogP contribution in [0.5, 0.6) is 5.75 Å². The first-order valence-electron chi connectivity index (χ1n) is 10.00. The highest BCUT2D eigenvalue weighted by Gasteiger charge is 2.15. The van der Waals surface area contributed by atoms with Crippen molar-refractivity contribution in [1.82, 2.24) is 9.97 Å². The summed E-state index contributed by atoms with van der Waals surface area (Å²) in [6.07, 6.45) is 4.50. The zero-order chi connectivity index (χ0) is 21.5. The number of H-pyrrole nitrogens is 1. The van der Waals surface area contributed by atoms with Crippen LogP contribution in [-0.4, -0.2) is 29.1 Å². The molecule has 1 unspecified atom stereocenters. The van der Waals surface area contributed by atoms with E-state index in [0.29, 0.717) is 11.3 Å². The predicted octanol–water partition coefficient (Wildman–Crippen LogP) is 3.66. The van der Waals surface area contributed by atoms with Gasteiger partial charge in [-0.3, -0.25) is 9.78 Å². The van der Waals surface area contributed by atoms with Crippen LogP contribution in [0.2, 0.25) is 0 Å². The van der Waals surface area contributed by atoms with Crippen LogP contribution >= 0.6 is 0 Å². The van der Waals surface area contributed by atoms with Gasteiger partial charge in [-0.25, -0.2) is 10.4 Å². The zero-order valence-corrected chi connectivity index (χ0v) is 16.7. The molecule has 0 aliphatic carbocycles. The first-order valence-corrected chi connectivity index (χ1v) is 10.00. The highest BCUT2D eigenvalue weighted by atomic mass is 16.7. The van der Waals surface area contributed by atoms with Gasteiger partial charge in [-0.2, -0.15) is 10.4 Å². The number of hydrogen-bond acceptors (Lipinski definition) is 7. The molecule has 0 amide bonds. The van der Waals surface area contributed by atoms with Crippen LogP contribution in [0.15, 0.2) is 64.5 Å². The van der Waals surface area contributed by atoms with Crippen LogP contribution in [0.4, 0.5) is 5.95 Å². The highest BCUT2D eigenvalue weighted by Crippen LogP contribution is 2.20. The number of ether oxygens (including phenoxy) is 2. The van der Waals surface area contributed by atoms with Crippen molar-refractivity contribution in [3.8, 4) is 23.1 Å². The molecule has 0 bridgehead atoms. The Bertz CT molecular complexity index is 1140. The maximum absolute atomic E-state index is 12.3. The minimum atomic E-state index is -0.527. The number of nitriles is 1. The van der Waals surface area contributed by atoms with E-state index >= 15 is 0 Å². The van der Waals surface area contributed by atoms with Crippen molar-refractivity contribution in [1.29, 1.82) is 5.26 Å². The Labute approximate surface area is 179 Å². The predicted molar refractivity (Wildman–Crippen MR) is 117 cm³/mol. The second-order valence-corrected chi connectivity index (χ2v) is 6.97. The third-order valence-corrected chi connectivity index (χ3v) is 4.75. The summed E-state index contributed by atoms with van der Waals surface area (Å²) in [6, 6.07) is 18.4. The summed E-state index contributed by atoms with van der Waals surface area (Å²) < 4.78 is 11.4. The van der Waals surface area contributed by atoms with Crippen LogP contribution in [0.3, 0.4) is 0 Å². The summed E-state index contributed by atoms with van der Waals surface area (Å²) in [4.78, 5) is 19.1. The molecular formula is C23H21N5O3. The summed E-state index contributed by atoms with van der Waals surface area (Å²) in [5, 5.41) is 13.5. The number of anilines is 1. The molecule has 0 radical (unpaired) electrons. The summed E-state index contributed by atoms with van der Waals surface area (Å²) >= 11 is 0. The first kappa shape index (κ1) is 20.3. The molecule has 1 aliphatic heterocycles. The number of aromatic amines is 1. The van der Waals surface area contributed by atoms with E-state index in [1.807, 2.05) is 48.5 Å². The zero-order valence-electron chi connectivity index (χ0n) is 16.7. The second-order valence-electron chi connectivity index (χ2n) is 6.97. The average molecular weight is 415 g/mol. The molecule has 0 spiro atoms. The van der Waals surface area contributed by atoms with Crippen molar-refractivity contribution in [2.45, 2.75) is 25.6 Å². The highest BCUT2D eigenvalue weighted by molar-refractivity contribution is 5.80. The Balaban J connectivity index is 1.44. The fraction of sp³-hybridized carbons (Fsp3) is 0.217. The van der Waals surface area contributed by atoms with E-state index in [9.17, 15) is 10.1 Å². The fourth-order valence-corrected chi connectivity index (χ4v) is 3.19. The first-order chi connectivity index (χ1) is 15.2. The van der Waals surface area contributed by atoms with Gasteiger partial charge >= 0.3 is 0 Å². The molecule has 31 heavy (non-hydrogen) atoms. The van der Waals surface area contributed by atoms with E-state index in [1.54, 1.807) is 18.3 Å². The van der Waals surface area contributed by atoms with Gasteiger partial charge in [0.1, 0.15) is 17.4 Å². The molecule has 3 aromatic rings. The monoisotopic (exact) mass is 415 g/mol.